The summed E-state index contributed by atoms with van der Waals surface area (Å²) in [5.74, 6) is 0.292. The zero-order chi connectivity index (χ0) is 12.4. The third-order valence-corrected chi connectivity index (χ3v) is 2.72. The van der Waals surface area contributed by atoms with E-state index in [1.54, 1.807) is 0 Å². The minimum atomic E-state index is -0.236. The number of rotatable bonds is 9. The standard InChI is InChI=1S/C11H25N3O2/c1-11(2,10(12)14-16)6-3-4-7-13-8-5-9-15/h13,15-16H,3-9H2,1-2H3,(H2,12,14). The summed E-state index contributed by atoms with van der Waals surface area (Å²) in [6, 6.07) is 0. The highest BCUT2D eigenvalue weighted by Crippen LogP contribution is 2.22. The van der Waals surface area contributed by atoms with Crippen LogP contribution in [-0.4, -0.2) is 35.8 Å². The summed E-state index contributed by atoms with van der Waals surface area (Å²) in [7, 11) is 0. The van der Waals surface area contributed by atoms with Gasteiger partial charge in [0.1, 0.15) is 5.84 Å². The van der Waals surface area contributed by atoms with Crippen molar-refractivity contribution in [3.63, 3.8) is 0 Å². The van der Waals surface area contributed by atoms with E-state index >= 15 is 0 Å². The lowest BCUT2D eigenvalue weighted by Crippen LogP contribution is -2.32. The lowest BCUT2D eigenvalue weighted by atomic mass is 9.86. The van der Waals surface area contributed by atoms with Crippen LogP contribution in [0.2, 0.25) is 0 Å². The normalized spacial score (nSPS) is 13.1. The zero-order valence-electron chi connectivity index (χ0n) is 10.4. The van der Waals surface area contributed by atoms with Crippen LogP contribution in [0.15, 0.2) is 5.16 Å². The molecule has 0 aromatic heterocycles. The molecule has 0 rings (SSSR count). The van der Waals surface area contributed by atoms with Gasteiger partial charge in [0.25, 0.3) is 0 Å². The predicted octanol–water partition coefficient (Wildman–Crippen LogP) is 0.901. The second-order valence-electron chi connectivity index (χ2n) is 4.65. The molecule has 0 heterocycles. The van der Waals surface area contributed by atoms with E-state index in [0.29, 0.717) is 5.84 Å². The van der Waals surface area contributed by atoms with Gasteiger partial charge in [0.2, 0.25) is 0 Å². The first-order valence-electron chi connectivity index (χ1n) is 5.84. The molecule has 0 saturated carbocycles. The smallest absolute Gasteiger partial charge is 0.144 e. The van der Waals surface area contributed by atoms with Crippen LogP contribution in [0.25, 0.3) is 0 Å². The molecule has 0 amide bonds. The third kappa shape index (κ3) is 6.63. The molecule has 0 unspecified atom stereocenters. The van der Waals surface area contributed by atoms with Crippen molar-refractivity contribution in [3.05, 3.63) is 0 Å². The molecule has 5 nitrogen and oxygen atoms in total. The Morgan fingerprint density at radius 3 is 2.44 bits per heavy atom. The van der Waals surface area contributed by atoms with Crippen molar-refractivity contribution in [3.8, 4) is 0 Å². The first kappa shape index (κ1) is 15.2. The number of hydrogen-bond donors (Lipinski definition) is 4. The molecule has 0 aromatic carbocycles. The number of unbranched alkanes of at least 4 members (excludes halogenated alkanes) is 1. The highest BCUT2D eigenvalue weighted by atomic mass is 16.4. The fraction of sp³-hybridized carbons (Fsp3) is 0.909. The molecule has 0 aromatic rings. The highest BCUT2D eigenvalue weighted by Gasteiger charge is 2.22. The van der Waals surface area contributed by atoms with Crippen LogP contribution in [0, 0.1) is 5.41 Å². The first-order valence-corrected chi connectivity index (χ1v) is 5.84. The van der Waals surface area contributed by atoms with Crippen LogP contribution in [0.4, 0.5) is 0 Å². The number of oxime groups is 1. The Kier molecular flexibility index (Phi) is 7.93. The average molecular weight is 231 g/mol. The summed E-state index contributed by atoms with van der Waals surface area (Å²) >= 11 is 0. The van der Waals surface area contributed by atoms with E-state index in [-0.39, 0.29) is 12.0 Å². The van der Waals surface area contributed by atoms with E-state index in [4.69, 9.17) is 16.0 Å². The Labute approximate surface area is 97.7 Å². The van der Waals surface area contributed by atoms with Gasteiger partial charge in [0, 0.05) is 12.0 Å². The Morgan fingerprint density at radius 2 is 1.88 bits per heavy atom. The summed E-state index contributed by atoms with van der Waals surface area (Å²) in [6.07, 6.45) is 3.81. The fourth-order valence-electron chi connectivity index (χ4n) is 1.41. The van der Waals surface area contributed by atoms with E-state index < -0.39 is 0 Å². The average Bonchev–Trinajstić information content (AvgIpc) is 2.26. The highest BCUT2D eigenvalue weighted by molar-refractivity contribution is 5.85. The van der Waals surface area contributed by atoms with E-state index in [1.807, 2.05) is 13.8 Å². The van der Waals surface area contributed by atoms with Gasteiger partial charge in [-0.2, -0.15) is 0 Å². The largest absolute Gasteiger partial charge is 0.409 e. The molecule has 0 aliphatic heterocycles. The van der Waals surface area contributed by atoms with Gasteiger partial charge in [-0.25, -0.2) is 0 Å². The van der Waals surface area contributed by atoms with Crippen LogP contribution in [0.1, 0.15) is 39.5 Å². The van der Waals surface area contributed by atoms with Crippen molar-refractivity contribution in [1.82, 2.24) is 5.32 Å². The first-order chi connectivity index (χ1) is 7.54. The summed E-state index contributed by atoms with van der Waals surface area (Å²) in [5, 5.41) is 23.5. The van der Waals surface area contributed by atoms with Gasteiger partial charge in [-0.3, -0.25) is 0 Å². The van der Waals surface area contributed by atoms with Gasteiger partial charge >= 0.3 is 0 Å². The minimum Gasteiger partial charge on any atom is -0.409 e. The van der Waals surface area contributed by atoms with Gasteiger partial charge in [-0.05, 0) is 32.4 Å². The van der Waals surface area contributed by atoms with Crippen molar-refractivity contribution in [1.29, 1.82) is 0 Å². The van der Waals surface area contributed by atoms with Gasteiger partial charge < -0.3 is 21.4 Å². The number of aliphatic hydroxyl groups is 1. The molecule has 0 radical (unpaired) electrons. The molecule has 0 aliphatic rings. The summed E-state index contributed by atoms with van der Waals surface area (Å²) in [6.45, 7) is 6.00. The van der Waals surface area contributed by atoms with Crippen LogP contribution in [-0.2, 0) is 0 Å². The molecule has 5 heteroatoms. The zero-order valence-corrected chi connectivity index (χ0v) is 10.4. The Hall–Kier alpha value is -0.810. The van der Waals surface area contributed by atoms with Crippen molar-refractivity contribution < 1.29 is 10.3 Å². The topological polar surface area (TPSA) is 90.9 Å². The van der Waals surface area contributed by atoms with Crippen molar-refractivity contribution in [2.24, 2.45) is 16.3 Å². The van der Waals surface area contributed by atoms with E-state index in [9.17, 15) is 0 Å². The van der Waals surface area contributed by atoms with Gasteiger partial charge in [0.15, 0.2) is 0 Å². The van der Waals surface area contributed by atoms with E-state index in [2.05, 4.69) is 10.5 Å². The molecule has 5 N–H and O–H groups in total. The van der Waals surface area contributed by atoms with Gasteiger partial charge in [0.05, 0.1) is 0 Å². The number of aliphatic hydroxyl groups excluding tert-OH is 1. The van der Waals surface area contributed by atoms with E-state index in [0.717, 1.165) is 38.8 Å². The molecular formula is C11H25N3O2. The second-order valence-corrected chi connectivity index (χ2v) is 4.65. The monoisotopic (exact) mass is 231 g/mol. The quantitative estimate of drug-likeness (QED) is 0.156. The maximum atomic E-state index is 8.60. The number of nitrogens with zero attached hydrogens (tertiary/aromatic N) is 1. The van der Waals surface area contributed by atoms with E-state index in [1.165, 1.54) is 0 Å². The van der Waals surface area contributed by atoms with Gasteiger partial charge in [-0.1, -0.05) is 25.4 Å². The molecule has 0 fully saturated rings. The molecule has 0 spiro atoms. The molecule has 96 valence electrons. The molecular weight excluding hydrogens is 206 g/mol. The SMILES string of the molecule is CC(C)(CCCCNCCCO)C(N)=NO. The van der Waals surface area contributed by atoms with Gasteiger partial charge in [-0.15, -0.1) is 0 Å². The molecule has 0 atom stereocenters. The minimum absolute atomic E-state index is 0.236. The van der Waals surface area contributed by atoms with Crippen LogP contribution in [0.3, 0.4) is 0 Å². The lowest BCUT2D eigenvalue weighted by molar-refractivity contribution is 0.285. The third-order valence-electron chi connectivity index (χ3n) is 2.72. The molecule has 0 saturated heterocycles. The second kappa shape index (κ2) is 8.35. The predicted molar refractivity (Wildman–Crippen MR) is 65.6 cm³/mol. The number of amidine groups is 1. The maximum absolute atomic E-state index is 8.60. The maximum Gasteiger partial charge on any atom is 0.144 e. The number of nitrogens with two attached hydrogens (primary N) is 1. The van der Waals surface area contributed by atoms with Crippen LogP contribution in [0.5, 0.6) is 0 Å². The molecule has 16 heavy (non-hydrogen) atoms. The summed E-state index contributed by atoms with van der Waals surface area (Å²) in [5.41, 5.74) is 5.35. The Morgan fingerprint density at radius 1 is 1.25 bits per heavy atom. The van der Waals surface area contributed by atoms with Crippen molar-refractivity contribution in [2.75, 3.05) is 19.7 Å². The summed E-state index contributed by atoms with van der Waals surface area (Å²) < 4.78 is 0. The Bertz CT molecular complexity index is 205. The van der Waals surface area contributed by atoms with Crippen molar-refractivity contribution in [2.45, 2.75) is 39.5 Å². The number of hydrogen-bond acceptors (Lipinski definition) is 4. The van der Waals surface area contributed by atoms with Crippen LogP contribution >= 0.6 is 0 Å². The fourth-order valence-corrected chi connectivity index (χ4v) is 1.41. The lowest BCUT2D eigenvalue weighted by Gasteiger charge is -2.22. The summed E-state index contributed by atoms with van der Waals surface area (Å²) in [4.78, 5) is 0. The molecule has 0 bridgehead atoms. The molecule has 0 aliphatic carbocycles. The number of nitrogens with one attached hydrogen (secondary N) is 1. The van der Waals surface area contributed by atoms with Crippen molar-refractivity contribution >= 4 is 5.84 Å². The van der Waals surface area contributed by atoms with Crippen LogP contribution < -0.4 is 11.1 Å². The Balaban J connectivity index is 3.51.